The van der Waals surface area contributed by atoms with E-state index in [1.165, 1.54) is 25.9 Å². The van der Waals surface area contributed by atoms with E-state index in [4.69, 9.17) is 16.3 Å². The Balaban J connectivity index is 1.36. The second-order valence-corrected chi connectivity index (χ2v) is 6.20. The summed E-state index contributed by atoms with van der Waals surface area (Å²) >= 11 is 5.40. The van der Waals surface area contributed by atoms with Crippen molar-refractivity contribution in [2.24, 2.45) is 11.8 Å². The average molecular weight is 294 g/mol. The molecule has 0 N–H and O–H groups in total. The number of ether oxygens (including phenoxy) is 1. The molecule has 1 heterocycles. The highest BCUT2D eigenvalue weighted by molar-refractivity contribution is 6.67. The van der Waals surface area contributed by atoms with Gasteiger partial charge in [0, 0.05) is 25.2 Å². The molecule has 2 aliphatic rings. The van der Waals surface area contributed by atoms with Crippen molar-refractivity contribution in [3.05, 3.63) is 29.8 Å². The topological polar surface area (TPSA) is 29.5 Å². The second-order valence-electron chi connectivity index (χ2n) is 5.86. The van der Waals surface area contributed by atoms with Gasteiger partial charge in [-0.15, -0.1) is 0 Å². The lowest BCUT2D eigenvalue weighted by atomic mass is 9.77. The fraction of sp³-hybridized carbons (Fsp3) is 0.562. The molecule has 0 amide bonds. The molecular formula is C16H20ClNO2. The Hall–Kier alpha value is -1.06. The van der Waals surface area contributed by atoms with Crippen LogP contribution in [0.5, 0.6) is 5.75 Å². The third kappa shape index (κ3) is 3.15. The molecule has 2 fully saturated rings. The molecule has 3 rings (SSSR count). The summed E-state index contributed by atoms with van der Waals surface area (Å²) in [6, 6.07) is 6.99. The minimum atomic E-state index is -0.430. The van der Waals surface area contributed by atoms with Crippen LogP contribution in [0.15, 0.2) is 24.3 Å². The first-order valence-corrected chi connectivity index (χ1v) is 7.75. The summed E-state index contributed by atoms with van der Waals surface area (Å²) < 4.78 is 5.69. The van der Waals surface area contributed by atoms with E-state index in [9.17, 15) is 4.79 Å². The first-order valence-electron chi connectivity index (χ1n) is 7.37. The van der Waals surface area contributed by atoms with Crippen LogP contribution in [0.25, 0.3) is 0 Å². The van der Waals surface area contributed by atoms with Crippen LogP contribution in [0, 0.1) is 11.8 Å². The van der Waals surface area contributed by atoms with Gasteiger partial charge in [-0.3, -0.25) is 4.79 Å². The van der Waals surface area contributed by atoms with Gasteiger partial charge in [-0.2, -0.15) is 0 Å². The predicted molar refractivity (Wildman–Crippen MR) is 79.4 cm³/mol. The first-order chi connectivity index (χ1) is 9.72. The molecule has 2 unspecified atom stereocenters. The van der Waals surface area contributed by atoms with Crippen molar-refractivity contribution in [3.8, 4) is 5.75 Å². The lowest BCUT2D eigenvalue weighted by Crippen LogP contribution is -2.23. The maximum absolute atomic E-state index is 10.9. The summed E-state index contributed by atoms with van der Waals surface area (Å²) in [5.74, 6) is 2.77. The molecule has 0 spiro atoms. The number of carbonyl (C=O) groups excluding carboxylic acids is 1. The van der Waals surface area contributed by atoms with Crippen molar-refractivity contribution >= 4 is 16.8 Å². The Labute approximate surface area is 124 Å². The molecule has 1 saturated heterocycles. The molecule has 0 aromatic heterocycles. The van der Waals surface area contributed by atoms with Crippen LogP contribution in [0.1, 0.15) is 29.6 Å². The van der Waals surface area contributed by atoms with Gasteiger partial charge in [0.05, 0.1) is 6.61 Å². The van der Waals surface area contributed by atoms with Crippen LogP contribution < -0.4 is 4.74 Å². The average Bonchev–Trinajstić information content (AvgIpc) is 2.71. The highest BCUT2D eigenvalue weighted by atomic mass is 35.5. The van der Waals surface area contributed by atoms with Crippen LogP contribution in [0.4, 0.5) is 0 Å². The minimum absolute atomic E-state index is 0.430. The zero-order valence-corrected chi connectivity index (χ0v) is 12.3. The smallest absolute Gasteiger partial charge is 0.252 e. The quantitative estimate of drug-likeness (QED) is 0.596. The monoisotopic (exact) mass is 293 g/mol. The lowest BCUT2D eigenvalue weighted by Gasteiger charge is -2.28. The maximum Gasteiger partial charge on any atom is 0.252 e. The highest BCUT2D eigenvalue weighted by Crippen LogP contribution is 2.40. The SMILES string of the molecule is O=C(Cl)c1ccc(OCCCN2CC3CCC3C2)cc1. The molecule has 3 nitrogen and oxygen atoms in total. The van der Waals surface area contributed by atoms with Crippen molar-refractivity contribution in [3.63, 3.8) is 0 Å². The zero-order chi connectivity index (χ0) is 13.9. The van der Waals surface area contributed by atoms with Gasteiger partial charge in [0.1, 0.15) is 5.75 Å². The van der Waals surface area contributed by atoms with Crippen molar-refractivity contribution in [2.45, 2.75) is 19.3 Å². The number of likely N-dealkylation sites (tertiary alicyclic amines) is 1. The Morgan fingerprint density at radius 1 is 1.20 bits per heavy atom. The normalized spacial score (nSPS) is 25.1. The molecule has 1 aromatic rings. The number of hydrogen-bond acceptors (Lipinski definition) is 3. The molecule has 0 bridgehead atoms. The molecule has 4 heteroatoms. The van der Waals surface area contributed by atoms with Crippen molar-refractivity contribution in [2.75, 3.05) is 26.2 Å². The molecule has 108 valence electrons. The fourth-order valence-corrected chi connectivity index (χ4v) is 3.33. The summed E-state index contributed by atoms with van der Waals surface area (Å²) in [4.78, 5) is 13.5. The van der Waals surface area contributed by atoms with Gasteiger partial charge in [0.15, 0.2) is 0 Å². The Morgan fingerprint density at radius 3 is 2.40 bits per heavy atom. The van der Waals surface area contributed by atoms with Crippen LogP contribution in [0.2, 0.25) is 0 Å². The van der Waals surface area contributed by atoms with Crippen LogP contribution in [-0.2, 0) is 0 Å². The summed E-state index contributed by atoms with van der Waals surface area (Å²) in [6.07, 6.45) is 3.92. The van der Waals surface area contributed by atoms with Gasteiger partial charge in [-0.25, -0.2) is 0 Å². The second kappa shape index (κ2) is 6.15. The fourth-order valence-electron chi connectivity index (χ4n) is 3.20. The maximum atomic E-state index is 10.9. The van der Waals surface area contributed by atoms with Crippen LogP contribution in [-0.4, -0.2) is 36.4 Å². The van der Waals surface area contributed by atoms with Crippen molar-refractivity contribution in [1.29, 1.82) is 0 Å². The summed E-state index contributed by atoms with van der Waals surface area (Å²) in [7, 11) is 0. The largest absolute Gasteiger partial charge is 0.494 e. The third-order valence-corrected chi connectivity index (χ3v) is 4.75. The van der Waals surface area contributed by atoms with Gasteiger partial charge in [0.2, 0.25) is 0 Å². The Kier molecular flexibility index (Phi) is 4.27. The minimum Gasteiger partial charge on any atom is -0.494 e. The molecule has 0 radical (unpaired) electrons. The van der Waals surface area contributed by atoms with Crippen LogP contribution in [0.3, 0.4) is 0 Å². The van der Waals surface area contributed by atoms with E-state index in [0.717, 1.165) is 37.2 Å². The molecule has 20 heavy (non-hydrogen) atoms. The summed E-state index contributed by atoms with van der Waals surface area (Å²) in [5.41, 5.74) is 0.506. The lowest BCUT2D eigenvalue weighted by molar-refractivity contribution is 0.108. The van der Waals surface area contributed by atoms with Gasteiger partial charge in [-0.1, -0.05) is 0 Å². The van der Waals surface area contributed by atoms with Crippen LogP contribution >= 0.6 is 11.6 Å². The van der Waals surface area contributed by atoms with E-state index >= 15 is 0 Å². The van der Waals surface area contributed by atoms with E-state index < -0.39 is 5.24 Å². The third-order valence-electron chi connectivity index (χ3n) is 4.53. The molecule has 1 aromatic carbocycles. The van der Waals surface area contributed by atoms with Crippen molar-refractivity contribution < 1.29 is 9.53 Å². The van der Waals surface area contributed by atoms with E-state index in [2.05, 4.69) is 4.90 Å². The molecule has 2 atom stereocenters. The summed E-state index contributed by atoms with van der Waals surface area (Å²) in [5, 5.41) is -0.430. The zero-order valence-electron chi connectivity index (χ0n) is 11.6. The highest BCUT2D eigenvalue weighted by Gasteiger charge is 2.38. The number of halogens is 1. The van der Waals surface area contributed by atoms with E-state index in [0.29, 0.717) is 5.56 Å². The predicted octanol–water partition coefficient (Wildman–Crippen LogP) is 3.18. The van der Waals surface area contributed by atoms with Gasteiger partial charge in [-0.05, 0) is 67.0 Å². The van der Waals surface area contributed by atoms with Gasteiger partial charge >= 0.3 is 0 Å². The van der Waals surface area contributed by atoms with E-state index in [1.807, 2.05) is 0 Å². The first kappa shape index (κ1) is 13.9. The molecule has 1 saturated carbocycles. The van der Waals surface area contributed by atoms with Gasteiger partial charge in [0.25, 0.3) is 5.24 Å². The summed E-state index contributed by atoms with van der Waals surface area (Å²) in [6.45, 7) is 4.43. The van der Waals surface area contributed by atoms with Crippen molar-refractivity contribution in [1.82, 2.24) is 4.90 Å². The van der Waals surface area contributed by atoms with E-state index in [-0.39, 0.29) is 0 Å². The standard InChI is InChI=1S/C16H20ClNO2/c17-16(19)12-4-6-15(7-5-12)20-9-1-8-18-10-13-2-3-14(13)11-18/h4-7,13-14H,1-3,8-11H2. The van der Waals surface area contributed by atoms with E-state index in [1.54, 1.807) is 24.3 Å². The Morgan fingerprint density at radius 2 is 1.85 bits per heavy atom. The number of rotatable bonds is 6. The number of benzene rings is 1. The number of fused-ring (bicyclic) bond motifs is 1. The number of carbonyl (C=O) groups is 1. The van der Waals surface area contributed by atoms with Gasteiger partial charge < -0.3 is 9.64 Å². The number of hydrogen-bond donors (Lipinski definition) is 0. The Bertz CT molecular complexity index is 462. The molecular weight excluding hydrogens is 274 g/mol. The molecule has 1 aliphatic heterocycles. The molecule has 1 aliphatic carbocycles. The number of nitrogens with zero attached hydrogens (tertiary/aromatic N) is 1.